The third-order valence-electron chi connectivity index (χ3n) is 3.75. The summed E-state index contributed by atoms with van der Waals surface area (Å²) in [6.07, 6.45) is 0. The molecule has 25 heavy (non-hydrogen) atoms. The molecule has 3 rings (SSSR count). The Hall–Kier alpha value is -2.47. The Bertz CT molecular complexity index is 789. The van der Waals surface area contributed by atoms with E-state index >= 15 is 0 Å². The summed E-state index contributed by atoms with van der Waals surface area (Å²) >= 11 is 1.45. The minimum atomic E-state index is -0.282. The molecule has 1 N–H and O–H groups in total. The zero-order valence-corrected chi connectivity index (χ0v) is 14.9. The normalized spacial score (nSPS) is 13.8. The quantitative estimate of drug-likeness (QED) is 0.652. The molecule has 1 amide bonds. The van der Waals surface area contributed by atoms with Gasteiger partial charge >= 0.3 is 0 Å². The molecule has 1 aliphatic rings. The summed E-state index contributed by atoms with van der Waals surface area (Å²) in [5, 5.41) is 2.58. The predicted molar refractivity (Wildman–Crippen MR) is 97.8 cm³/mol. The van der Waals surface area contributed by atoms with Crippen LogP contribution in [0.2, 0.25) is 0 Å². The van der Waals surface area contributed by atoms with E-state index in [2.05, 4.69) is 5.32 Å². The first-order valence-electron chi connectivity index (χ1n) is 8.01. The fraction of sp³-hybridized carbons (Fsp3) is 0.263. The highest BCUT2D eigenvalue weighted by atomic mass is 32.2. The fourth-order valence-corrected chi connectivity index (χ4v) is 3.28. The highest BCUT2D eigenvalue weighted by Gasteiger charge is 2.17. The van der Waals surface area contributed by atoms with E-state index in [-0.39, 0.29) is 16.9 Å². The van der Waals surface area contributed by atoms with Crippen molar-refractivity contribution in [2.45, 2.75) is 24.0 Å². The van der Waals surface area contributed by atoms with E-state index in [9.17, 15) is 9.59 Å². The molecule has 2 aromatic rings. The van der Waals surface area contributed by atoms with Crippen LogP contribution in [0.5, 0.6) is 11.5 Å². The number of hydrogen-bond acceptors (Lipinski definition) is 5. The van der Waals surface area contributed by atoms with Crippen molar-refractivity contribution < 1.29 is 19.1 Å². The van der Waals surface area contributed by atoms with Gasteiger partial charge in [-0.3, -0.25) is 9.59 Å². The van der Waals surface area contributed by atoms with Crippen LogP contribution in [-0.2, 0) is 4.79 Å². The van der Waals surface area contributed by atoms with Crippen LogP contribution in [0.3, 0.4) is 0 Å². The van der Waals surface area contributed by atoms with Crippen LogP contribution < -0.4 is 14.8 Å². The molecule has 0 radical (unpaired) electrons. The highest BCUT2D eigenvalue weighted by molar-refractivity contribution is 8.00. The molecule has 0 aliphatic carbocycles. The Labute approximate surface area is 150 Å². The fourth-order valence-electron chi connectivity index (χ4n) is 2.39. The maximum Gasteiger partial charge on any atom is 0.237 e. The summed E-state index contributed by atoms with van der Waals surface area (Å²) in [6, 6.07) is 12.6. The van der Waals surface area contributed by atoms with Gasteiger partial charge in [0.15, 0.2) is 17.3 Å². The number of Topliss-reactive ketones (excluding diaryl/α,β-unsaturated/α-hetero) is 1. The summed E-state index contributed by atoms with van der Waals surface area (Å²) in [4.78, 5) is 24.6. The van der Waals surface area contributed by atoms with E-state index in [1.165, 1.54) is 18.7 Å². The van der Waals surface area contributed by atoms with Crippen LogP contribution in [0.15, 0.2) is 47.4 Å². The van der Waals surface area contributed by atoms with Gasteiger partial charge < -0.3 is 14.8 Å². The second-order valence-corrected chi connectivity index (χ2v) is 7.10. The third-order valence-corrected chi connectivity index (χ3v) is 4.85. The van der Waals surface area contributed by atoms with E-state index in [0.29, 0.717) is 30.2 Å². The van der Waals surface area contributed by atoms with Gasteiger partial charge in [0, 0.05) is 16.1 Å². The second-order valence-electron chi connectivity index (χ2n) is 5.69. The monoisotopic (exact) mass is 357 g/mol. The van der Waals surface area contributed by atoms with Crippen molar-refractivity contribution in [3.63, 3.8) is 0 Å². The molecule has 1 unspecified atom stereocenters. The number of fused-ring (bicyclic) bond motifs is 1. The van der Waals surface area contributed by atoms with Crippen LogP contribution in [-0.4, -0.2) is 30.2 Å². The molecule has 0 saturated carbocycles. The number of thioether (sulfide) groups is 1. The van der Waals surface area contributed by atoms with Gasteiger partial charge in [0.2, 0.25) is 5.91 Å². The van der Waals surface area contributed by atoms with Crippen molar-refractivity contribution in [1.82, 2.24) is 0 Å². The van der Waals surface area contributed by atoms with Gasteiger partial charge in [-0.05, 0) is 56.3 Å². The number of carbonyl (C=O) groups excluding carboxylic acids is 2. The van der Waals surface area contributed by atoms with Crippen LogP contribution in [0.4, 0.5) is 5.69 Å². The molecule has 1 atom stereocenters. The summed E-state index contributed by atoms with van der Waals surface area (Å²) in [5.41, 5.74) is 1.29. The lowest BCUT2D eigenvalue weighted by atomic mass is 10.1. The molecule has 0 saturated heterocycles. The van der Waals surface area contributed by atoms with E-state index < -0.39 is 0 Å². The number of hydrogen-bond donors (Lipinski definition) is 1. The molecule has 0 bridgehead atoms. The molecule has 2 aromatic carbocycles. The van der Waals surface area contributed by atoms with Crippen molar-refractivity contribution in [2.75, 3.05) is 18.5 Å². The topological polar surface area (TPSA) is 64.6 Å². The van der Waals surface area contributed by atoms with Crippen LogP contribution >= 0.6 is 11.8 Å². The lowest BCUT2D eigenvalue weighted by molar-refractivity contribution is -0.115. The molecule has 1 aliphatic heterocycles. The number of amides is 1. The van der Waals surface area contributed by atoms with Crippen molar-refractivity contribution in [3.05, 3.63) is 48.0 Å². The first kappa shape index (κ1) is 17.4. The summed E-state index contributed by atoms with van der Waals surface area (Å²) < 4.78 is 11.1. The van der Waals surface area contributed by atoms with Crippen molar-refractivity contribution in [1.29, 1.82) is 0 Å². The maximum absolute atomic E-state index is 12.4. The lowest BCUT2D eigenvalue weighted by Gasteiger charge is -2.19. The molecule has 0 spiro atoms. The predicted octanol–water partition coefficient (Wildman–Crippen LogP) is 3.78. The zero-order chi connectivity index (χ0) is 17.8. The summed E-state index contributed by atoms with van der Waals surface area (Å²) in [7, 11) is 0. The van der Waals surface area contributed by atoms with Crippen molar-refractivity contribution in [2.24, 2.45) is 0 Å². The zero-order valence-electron chi connectivity index (χ0n) is 14.1. The minimum absolute atomic E-state index is 0.000378. The average molecular weight is 357 g/mol. The minimum Gasteiger partial charge on any atom is -0.486 e. The van der Waals surface area contributed by atoms with Crippen molar-refractivity contribution in [3.8, 4) is 11.5 Å². The van der Waals surface area contributed by atoms with Crippen LogP contribution in [0.1, 0.15) is 24.2 Å². The molecule has 0 fully saturated rings. The van der Waals surface area contributed by atoms with Gasteiger partial charge in [0.05, 0.1) is 5.25 Å². The first-order chi connectivity index (χ1) is 12.0. The van der Waals surface area contributed by atoms with Gasteiger partial charge in [-0.1, -0.05) is 0 Å². The summed E-state index contributed by atoms with van der Waals surface area (Å²) in [6.45, 7) is 4.45. The maximum atomic E-state index is 12.4. The Kier molecular flexibility index (Phi) is 5.28. The number of carbonyl (C=O) groups is 2. The molecule has 1 heterocycles. The summed E-state index contributed by atoms with van der Waals surface area (Å²) in [5.74, 6) is 1.35. The molecule has 6 heteroatoms. The second kappa shape index (κ2) is 7.61. The standard InChI is InChI=1S/C19H19NO4S/c1-12(21)14-3-5-15(6-4-14)20-19(22)13(2)25-16-7-8-17-18(11-16)24-10-9-23-17/h3-8,11,13H,9-10H2,1-2H3,(H,20,22). The van der Waals surface area contributed by atoms with Gasteiger partial charge in [-0.15, -0.1) is 11.8 Å². The Morgan fingerprint density at radius 2 is 1.72 bits per heavy atom. The highest BCUT2D eigenvalue weighted by Crippen LogP contribution is 2.35. The molecular weight excluding hydrogens is 338 g/mol. The molecule has 5 nitrogen and oxygen atoms in total. The Balaban J connectivity index is 1.61. The van der Waals surface area contributed by atoms with Crippen molar-refractivity contribution >= 4 is 29.1 Å². The molecule has 130 valence electrons. The average Bonchev–Trinajstić information content (AvgIpc) is 2.62. The number of benzene rings is 2. The number of ketones is 1. The van der Waals surface area contributed by atoms with E-state index in [1.807, 2.05) is 25.1 Å². The first-order valence-corrected chi connectivity index (χ1v) is 8.89. The number of rotatable bonds is 5. The van der Waals surface area contributed by atoms with Gasteiger partial charge in [0.1, 0.15) is 13.2 Å². The SMILES string of the molecule is CC(=O)c1ccc(NC(=O)C(C)Sc2ccc3c(c2)OCCO3)cc1. The smallest absolute Gasteiger partial charge is 0.237 e. The van der Waals surface area contributed by atoms with Gasteiger partial charge in [0.25, 0.3) is 0 Å². The largest absolute Gasteiger partial charge is 0.486 e. The Morgan fingerprint density at radius 3 is 2.40 bits per heavy atom. The van der Waals surface area contributed by atoms with Crippen LogP contribution in [0.25, 0.3) is 0 Å². The molecular formula is C19H19NO4S. The van der Waals surface area contributed by atoms with Gasteiger partial charge in [-0.2, -0.15) is 0 Å². The number of ether oxygens (including phenoxy) is 2. The number of nitrogens with one attached hydrogen (secondary N) is 1. The Morgan fingerprint density at radius 1 is 1.04 bits per heavy atom. The van der Waals surface area contributed by atoms with E-state index in [4.69, 9.17) is 9.47 Å². The molecule has 0 aromatic heterocycles. The van der Waals surface area contributed by atoms with Crippen LogP contribution in [0, 0.1) is 0 Å². The third kappa shape index (κ3) is 4.33. The lowest BCUT2D eigenvalue weighted by Crippen LogP contribution is -2.22. The number of anilines is 1. The van der Waals surface area contributed by atoms with Gasteiger partial charge in [-0.25, -0.2) is 0 Å². The van der Waals surface area contributed by atoms with E-state index in [0.717, 1.165) is 10.6 Å². The van der Waals surface area contributed by atoms with E-state index in [1.54, 1.807) is 24.3 Å².